The molecule has 0 amide bonds. The van der Waals surface area contributed by atoms with Crippen molar-refractivity contribution in [2.75, 3.05) is 24.6 Å². The third-order valence-electron chi connectivity index (χ3n) is 3.39. The zero-order chi connectivity index (χ0) is 12.1. The van der Waals surface area contributed by atoms with Crippen molar-refractivity contribution < 1.29 is 4.74 Å². The lowest BCUT2D eigenvalue weighted by Crippen LogP contribution is -2.37. The Kier molecular flexibility index (Phi) is 4.26. The second kappa shape index (κ2) is 5.92. The molecule has 0 radical (unpaired) electrons. The Morgan fingerprint density at radius 2 is 2.24 bits per heavy atom. The minimum atomic E-state index is 0.530. The van der Waals surface area contributed by atoms with Crippen LogP contribution in [-0.2, 0) is 0 Å². The Morgan fingerprint density at radius 3 is 3.00 bits per heavy atom. The van der Waals surface area contributed by atoms with Crippen molar-refractivity contribution >= 4 is 5.69 Å². The molecule has 1 aromatic carbocycles. The number of fused-ring (bicyclic) bond motifs is 1. The van der Waals surface area contributed by atoms with Crippen molar-refractivity contribution in [1.29, 1.82) is 0 Å². The van der Waals surface area contributed by atoms with Crippen LogP contribution in [0, 0.1) is 0 Å². The summed E-state index contributed by atoms with van der Waals surface area (Å²) in [6.07, 6.45) is 3.26. The molecule has 0 fully saturated rings. The van der Waals surface area contributed by atoms with Gasteiger partial charge in [-0.15, -0.1) is 0 Å². The number of ether oxygens (including phenoxy) is 1. The van der Waals surface area contributed by atoms with Gasteiger partial charge in [0.1, 0.15) is 5.75 Å². The molecule has 1 aliphatic rings. The van der Waals surface area contributed by atoms with Gasteiger partial charge in [0, 0.05) is 12.6 Å². The second-order valence-corrected chi connectivity index (χ2v) is 4.50. The van der Waals surface area contributed by atoms with E-state index in [-0.39, 0.29) is 0 Å². The van der Waals surface area contributed by atoms with E-state index in [0.29, 0.717) is 6.04 Å². The lowest BCUT2D eigenvalue weighted by molar-refractivity contribution is 0.322. The van der Waals surface area contributed by atoms with E-state index < -0.39 is 0 Å². The highest BCUT2D eigenvalue weighted by Gasteiger charge is 2.21. The maximum Gasteiger partial charge on any atom is 0.142 e. The molecule has 0 aliphatic carbocycles. The van der Waals surface area contributed by atoms with Gasteiger partial charge in [-0.1, -0.05) is 19.1 Å². The van der Waals surface area contributed by atoms with Crippen LogP contribution in [0.4, 0.5) is 5.69 Å². The molecule has 1 aliphatic heterocycles. The molecule has 3 nitrogen and oxygen atoms in total. The van der Waals surface area contributed by atoms with Crippen molar-refractivity contribution in [1.82, 2.24) is 0 Å². The largest absolute Gasteiger partial charge is 0.491 e. The minimum Gasteiger partial charge on any atom is -0.491 e. The van der Waals surface area contributed by atoms with Gasteiger partial charge < -0.3 is 15.4 Å². The van der Waals surface area contributed by atoms with Crippen LogP contribution in [0.3, 0.4) is 0 Å². The van der Waals surface area contributed by atoms with Gasteiger partial charge in [0.15, 0.2) is 0 Å². The lowest BCUT2D eigenvalue weighted by atomic mass is 10.1. The Labute approximate surface area is 104 Å². The molecule has 0 aromatic heterocycles. The first-order chi connectivity index (χ1) is 8.36. The predicted molar refractivity (Wildman–Crippen MR) is 71.7 cm³/mol. The van der Waals surface area contributed by atoms with E-state index >= 15 is 0 Å². The normalized spacial score (nSPS) is 16.9. The van der Waals surface area contributed by atoms with E-state index in [1.165, 1.54) is 5.69 Å². The Hall–Kier alpha value is -1.22. The standard InChI is InChI=1S/C14H22N2O/c1-2-12(8-9-15)16-10-5-11-17-14-7-4-3-6-13(14)16/h3-4,6-7,12H,2,5,8-11,15H2,1H3. The molecule has 1 atom stereocenters. The fourth-order valence-corrected chi connectivity index (χ4v) is 2.51. The quantitative estimate of drug-likeness (QED) is 0.869. The van der Waals surface area contributed by atoms with Gasteiger partial charge in [-0.2, -0.15) is 0 Å². The molecule has 1 heterocycles. The average Bonchev–Trinajstić information content (AvgIpc) is 2.58. The van der Waals surface area contributed by atoms with Crippen LogP contribution < -0.4 is 15.4 Å². The summed E-state index contributed by atoms with van der Waals surface area (Å²) < 4.78 is 5.78. The molecule has 1 unspecified atom stereocenters. The summed E-state index contributed by atoms with van der Waals surface area (Å²) in [5, 5.41) is 0. The van der Waals surface area contributed by atoms with Gasteiger partial charge in [-0.05, 0) is 37.9 Å². The monoisotopic (exact) mass is 234 g/mol. The van der Waals surface area contributed by atoms with Crippen LogP contribution in [0.5, 0.6) is 5.75 Å². The number of benzene rings is 1. The molecule has 0 bridgehead atoms. The van der Waals surface area contributed by atoms with E-state index in [9.17, 15) is 0 Å². The summed E-state index contributed by atoms with van der Waals surface area (Å²) in [7, 11) is 0. The van der Waals surface area contributed by atoms with Gasteiger partial charge in [0.2, 0.25) is 0 Å². The fraction of sp³-hybridized carbons (Fsp3) is 0.571. The van der Waals surface area contributed by atoms with E-state index in [1.54, 1.807) is 0 Å². The maximum atomic E-state index is 5.78. The first kappa shape index (κ1) is 12.2. The van der Waals surface area contributed by atoms with Crippen molar-refractivity contribution in [2.45, 2.75) is 32.2 Å². The van der Waals surface area contributed by atoms with E-state index in [4.69, 9.17) is 10.5 Å². The molecule has 3 heteroatoms. The van der Waals surface area contributed by atoms with Gasteiger partial charge in [0.25, 0.3) is 0 Å². The van der Waals surface area contributed by atoms with Crippen molar-refractivity contribution in [3.63, 3.8) is 0 Å². The molecule has 0 spiro atoms. The van der Waals surface area contributed by atoms with Gasteiger partial charge in [0.05, 0.1) is 12.3 Å². The molecular weight excluding hydrogens is 212 g/mol. The summed E-state index contributed by atoms with van der Waals surface area (Å²) in [4.78, 5) is 2.47. The van der Waals surface area contributed by atoms with Crippen LogP contribution in [0.2, 0.25) is 0 Å². The Bertz CT molecular complexity index is 354. The molecule has 2 N–H and O–H groups in total. The SMILES string of the molecule is CCC(CCN)N1CCCOc2ccccc21. The Morgan fingerprint density at radius 1 is 1.41 bits per heavy atom. The van der Waals surface area contributed by atoms with E-state index in [0.717, 1.165) is 44.7 Å². The number of hydrogen-bond donors (Lipinski definition) is 1. The fourth-order valence-electron chi connectivity index (χ4n) is 2.51. The summed E-state index contributed by atoms with van der Waals surface area (Å²) >= 11 is 0. The summed E-state index contributed by atoms with van der Waals surface area (Å²) in [6, 6.07) is 8.85. The van der Waals surface area contributed by atoms with Crippen molar-refractivity contribution in [3.8, 4) is 5.75 Å². The van der Waals surface area contributed by atoms with E-state index in [2.05, 4.69) is 30.0 Å². The average molecular weight is 234 g/mol. The van der Waals surface area contributed by atoms with Crippen LogP contribution in [0.15, 0.2) is 24.3 Å². The first-order valence-corrected chi connectivity index (χ1v) is 6.55. The van der Waals surface area contributed by atoms with Crippen LogP contribution in [0.25, 0.3) is 0 Å². The molecule has 2 rings (SSSR count). The molecule has 17 heavy (non-hydrogen) atoms. The highest BCUT2D eigenvalue weighted by atomic mass is 16.5. The molecular formula is C14H22N2O. The lowest BCUT2D eigenvalue weighted by Gasteiger charge is -2.32. The third-order valence-corrected chi connectivity index (χ3v) is 3.39. The van der Waals surface area contributed by atoms with Gasteiger partial charge in [-0.25, -0.2) is 0 Å². The number of nitrogens with two attached hydrogens (primary N) is 1. The number of para-hydroxylation sites is 2. The van der Waals surface area contributed by atoms with Crippen LogP contribution >= 0.6 is 0 Å². The third kappa shape index (κ3) is 2.72. The number of anilines is 1. The highest BCUT2D eigenvalue weighted by molar-refractivity contribution is 5.59. The number of rotatable bonds is 4. The molecule has 1 aromatic rings. The zero-order valence-corrected chi connectivity index (χ0v) is 10.6. The predicted octanol–water partition coefficient (Wildman–Crippen LogP) is 2.40. The van der Waals surface area contributed by atoms with Crippen LogP contribution in [0.1, 0.15) is 26.2 Å². The maximum absolute atomic E-state index is 5.78. The minimum absolute atomic E-state index is 0.530. The van der Waals surface area contributed by atoms with Gasteiger partial charge in [-0.3, -0.25) is 0 Å². The number of hydrogen-bond acceptors (Lipinski definition) is 3. The van der Waals surface area contributed by atoms with Crippen molar-refractivity contribution in [3.05, 3.63) is 24.3 Å². The smallest absolute Gasteiger partial charge is 0.142 e. The van der Waals surface area contributed by atoms with Crippen molar-refractivity contribution in [2.24, 2.45) is 5.73 Å². The Balaban J connectivity index is 2.26. The van der Waals surface area contributed by atoms with E-state index in [1.807, 2.05) is 6.07 Å². The zero-order valence-electron chi connectivity index (χ0n) is 10.6. The first-order valence-electron chi connectivity index (χ1n) is 6.55. The van der Waals surface area contributed by atoms with Crippen LogP contribution in [-0.4, -0.2) is 25.7 Å². The number of nitrogens with zero attached hydrogens (tertiary/aromatic N) is 1. The summed E-state index contributed by atoms with van der Waals surface area (Å²) in [6.45, 7) is 4.86. The topological polar surface area (TPSA) is 38.5 Å². The molecule has 0 saturated heterocycles. The highest BCUT2D eigenvalue weighted by Crippen LogP contribution is 2.32. The summed E-state index contributed by atoms with van der Waals surface area (Å²) in [5.74, 6) is 1.01. The van der Waals surface area contributed by atoms with Gasteiger partial charge >= 0.3 is 0 Å². The molecule has 0 saturated carbocycles. The summed E-state index contributed by atoms with van der Waals surface area (Å²) in [5.41, 5.74) is 6.94. The molecule has 94 valence electrons. The second-order valence-electron chi connectivity index (χ2n) is 4.50.